The molecule has 2 N–H and O–H groups in total. The van der Waals surface area contributed by atoms with Crippen LogP contribution in [0.1, 0.15) is 16.8 Å². The summed E-state index contributed by atoms with van der Waals surface area (Å²) in [5.41, 5.74) is 5.13. The van der Waals surface area contributed by atoms with E-state index in [9.17, 15) is 0 Å². The summed E-state index contributed by atoms with van der Waals surface area (Å²) in [6.45, 7) is 1.72. The standard InChI is InChI=1S/C12H10N4/c13-5-8-1-3-9(4-2-8)12-10-6-14-7-11(10)15-16-12/h1-4,14H,6-7H2,(H,15,16). The maximum absolute atomic E-state index is 8.73. The minimum atomic E-state index is 0.675. The van der Waals surface area contributed by atoms with Gasteiger partial charge in [0.1, 0.15) is 0 Å². The number of nitrogens with zero attached hydrogens (tertiary/aromatic N) is 2. The maximum atomic E-state index is 8.73. The number of hydrogen-bond acceptors (Lipinski definition) is 3. The van der Waals surface area contributed by atoms with Crippen molar-refractivity contribution in [2.45, 2.75) is 13.1 Å². The number of aromatic nitrogens is 2. The Morgan fingerprint density at radius 1 is 1.19 bits per heavy atom. The molecule has 0 fully saturated rings. The minimum absolute atomic E-state index is 0.675. The highest BCUT2D eigenvalue weighted by Crippen LogP contribution is 2.26. The molecule has 0 unspecified atom stereocenters. The molecule has 0 aliphatic carbocycles. The Morgan fingerprint density at radius 3 is 2.75 bits per heavy atom. The zero-order valence-electron chi connectivity index (χ0n) is 8.62. The van der Waals surface area contributed by atoms with E-state index in [2.05, 4.69) is 21.6 Å². The lowest BCUT2D eigenvalue weighted by Crippen LogP contribution is -2.02. The van der Waals surface area contributed by atoms with Gasteiger partial charge in [-0.1, -0.05) is 12.1 Å². The Bertz CT molecular complexity index is 560. The van der Waals surface area contributed by atoms with E-state index in [4.69, 9.17) is 5.26 Å². The smallest absolute Gasteiger partial charge is 0.0991 e. The summed E-state index contributed by atoms with van der Waals surface area (Å²) in [5.74, 6) is 0. The Balaban J connectivity index is 2.06. The van der Waals surface area contributed by atoms with Gasteiger partial charge in [0.25, 0.3) is 0 Å². The molecule has 2 aromatic rings. The quantitative estimate of drug-likeness (QED) is 0.750. The molecule has 0 bridgehead atoms. The molecule has 1 aliphatic heterocycles. The van der Waals surface area contributed by atoms with E-state index in [-0.39, 0.29) is 0 Å². The summed E-state index contributed by atoms with van der Waals surface area (Å²) >= 11 is 0. The monoisotopic (exact) mass is 210 g/mol. The molecule has 4 nitrogen and oxygen atoms in total. The zero-order chi connectivity index (χ0) is 11.0. The highest BCUT2D eigenvalue weighted by molar-refractivity contribution is 5.65. The first-order valence-electron chi connectivity index (χ1n) is 5.16. The fraction of sp³-hybridized carbons (Fsp3) is 0.167. The van der Waals surface area contributed by atoms with Crippen molar-refractivity contribution in [2.75, 3.05) is 0 Å². The summed E-state index contributed by atoms with van der Waals surface area (Å²) in [5, 5.41) is 19.4. The van der Waals surface area contributed by atoms with E-state index in [1.807, 2.05) is 24.3 Å². The van der Waals surface area contributed by atoms with Crippen molar-refractivity contribution >= 4 is 0 Å². The van der Waals surface area contributed by atoms with Crippen molar-refractivity contribution in [1.29, 1.82) is 5.26 Å². The van der Waals surface area contributed by atoms with Gasteiger partial charge in [-0.2, -0.15) is 10.4 Å². The summed E-state index contributed by atoms with van der Waals surface area (Å²) in [6.07, 6.45) is 0. The number of rotatable bonds is 1. The molecule has 4 heteroatoms. The molecule has 2 heterocycles. The van der Waals surface area contributed by atoms with Crippen LogP contribution in [-0.4, -0.2) is 10.2 Å². The highest BCUT2D eigenvalue weighted by Gasteiger charge is 2.18. The van der Waals surface area contributed by atoms with Gasteiger partial charge in [-0.3, -0.25) is 5.10 Å². The van der Waals surface area contributed by atoms with Gasteiger partial charge in [-0.25, -0.2) is 0 Å². The summed E-state index contributed by atoms with van der Waals surface area (Å²) in [4.78, 5) is 0. The van der Waals surface area contributed by atoms with E-state index in [0.29, 0.717) is 5.56 Å². The Labute approximate surface area is 92.9 Å². The van der Waals surface area contributed by atoms with Crippen molar-refractivity contribution in [3.05, 3.63) is 41.1 Å². The number of H-pyrrole nitrogens is 1. The topological polar surface area (TPSA) is 64.5 Å². The third kappa shape index (κ3) is 1.30. The molecular formula is C12H10N4. The molecule has 1 aromatic carbocycles. The van der Waals surface area contributed by atoms with Crippen LogP contribution in [0.5, 0.6) is 0 Å². The lowest BCUT2D eigenvalue weighted by molar-refractivity contribution is 0.743. The van der Waals surface area contributed by atoms with Gasteiger partial charge >= 0.3 is 0 Å². The SMILES string of the molecule is N#Cc1ccc(-c2n[nH]c3c2CNC3)cc1. The van der Waals surface area contributed by atoms with E-state index < -0.39 is 0 Å². The number of aromatic amines is 1. The normalized spacial score (nSPS) is 13.4. The zero-order valence-corrected chi connectivity index (χ0v) is 8.62. The first kappa shape index (κ1) is 9.13. The van der Waals surface area contributed by atoms with Gasteiger partial charge in [0.2, 0.25) is 0 Å². The van der Waals surface area contributed by atoms with Gasteiger partial charge in [0.05, 0.1) is 23.0 Å². The molecular weight excluding hydrogens is 200 g/mol. The number of benzene rings is 1. The Morgan fingerprint density at radius 2 is 2.00 bits per heavy atom. The number of hydrogen-bond donors (Lipinski definition) is 2. The van der Waals surface area contributed by atoms with Gasteiger partial charge < -0.3 is 5.32 Å². The van der Waals surface area contributed by atoms with Crippen LogP contribution in [0.25, 0.3) is 11.3 Å². The van der Waals surface area contributed by atoms with Crippen LogP contribution in [0.15, 0.2) is 24.3 Å². The van der Waals surface area contributed by atoms with Crippen molar-refractivity contribution in [1.82, 2.24) is 15.5 Å². The molecule has 1 aromatic heterocycles. The average molecular weight is 210 g/mol. The lowest BCUT2D eigenvalue weighted by atomic mass is 10.1. The molecule has 3 rings (SSSR count). The van der Waals surface area contributed by atoms with Crippen molar-refractivity contribution in [3.63, 3.8) is 0 Å². The summed E-state index contributed by atoms with van der Waals surface area (Å²) in [6, 6.07) is 9.62. The van der Waals surface area contributed by atoms with Crippen molar-refractivity contribution in [3.8, 4) is 17.3 Å². The molecule has 78 valence electrons. The third-order valence-electron chi connectivity index (χ3n) is 2.84. The molecule has 1 aliphatic rings. The minimum Gasteiger partial charge on any atom is -0.307 e. The fourth-order valence-electron chi connectivity index (χ4n) is 1.99. The van der Waals surface area contributed by atoms with E-state index in [1.165, 1.54) is 11.3 Å². The van der Waals surface area contributed by atoms with Crippen LogP contribution < -0.4 is 5.32 Å². The van der Waals surface area contributed by atoms with Crippen LogP contribution in [0.2, 0.25) is 0 Å². The van der Waals surface area contributed by atoms with Gasteiger partial charge in [-0.15, -0.1) is 0 Å². The van der Waals surface area contributed by atoms with Gasteiger partial charge in [0.15, 0.2) is 0 Å². The second kappa shape index (κ2) is 3.47. The van der Waals surface area contributed by atoms with Gasteiger partial charge in [0, 0.05) is 24.2 Å². The number of fused-ring (bicyclic) bond motifs is 1. The van der Waals surface area contributed by atoms with Crippen LogP contribution >= 0.6 is 0 Å². The second-order valence-corrected chi connectivity index (χ2v) is 3.82. The lowest BCUT2D eigenvalue weighted by Gasteiger charge is -1.99. The highest BCUT2D eigenvalue weighted by atomic mass is 15.2. The predicted molar refractivity (Wildman–Crippen MR) is 59.3 cm³/mol. The Kier molecular flexibility index (Phi) is 1.98. The third-order valence-corrected chi connectivity index (χ3v) is 2.84. The molecule has 0 atom stereocenters. The second-order valence-electron chi connectivity index (χ2n) is 3.82. The van der Waals surface area contributed by atoms with Crippen molar-refractivity contribution in [2.24, 2.45) is 0 Å². The maximum Gasteiger partial charge on any atom is 0.0991 e. The molecule has 0 amide bonds. The first-order chi connectivity index (χ1) is 7.88. The van der Waals surface area contributed by atoms with Gasteiger partial charge in [-0.05, 0) is 12.1 Å². The Hall–Kier alpha value is -2.12. The number of nitriles is 1. The summed E-state index contributed by atoms with van der Waals surface area (Å²) < 4.78 is 0. The van der Waals surface area contributed by atoms with E-state index >= 15 is 0 Å². The van der Waals surface area contributed by atoms with E-state index in [0.717, 1.165) is 24.3 Å². The summed E-state index contributed by atoms with van der Waals surface area (Å²) in [7, 11) is 0. The van der Waals surface area contributed by atoms with Crippen molar-refractivity contribution < 1.29 is 0 Å². The molecule has 0 radical (unpaired) electrons. The molecule has 0 saturated heterocycles. The van der Waals surface area contributed by atoms with Crippen LogP contribution in [0.3, 0.4) is 0 Å². The number of nitrogens with one attached hydrogen (secondary N) is 2. The molecule has 0 saturated carbocycles. The van der Waals surface area contributed by atoms with Crippen LogP contribution in [-0.2, 0) is 13.1 Å². The fourth-order valence-corrected chi connectivity index (χ4v) is 1.99. The van der Waals surface area contributed by atoms with Crippen LogP contribution in [0, 0.1) is 11.3 Å². The largest absolute Gasteiger partial charge is 0.307 e. The molecule has 16 heavy (non-hydrogen) atoms. The predicted octanol–water partition coefficient (Wildman–Crippen LogP) is 1.55. The van der Waals surface area contributed by atoms with Crippen LogP contribution in [0.4, 0.5) is 0 Å². The first-order valence-corrected chi connectivity index (χ1v) is 5.16. The average Bonchev–Trinajstić information content (AvgIpc) is 2.91. The molecule has 0 spiro atoms. The van der Waals surface area contributed by atoms with E-state index in [1.54, 1.807) is 0 Å².